The maximum Gasteiger partial charge on any atom is 0.335 e. The van der Waals surface area contributed by atoms with Gasteiger partial charge in [-0.2, -0.15) is 5.10 Å². The first kappa shape index (κ1) is 12.6. The highest BCUT2D eigenvalue weighted by atomic mass is 79.9. The Hall–Kier alpha value is -1.82. The molecule has 0 spiro atoms. The van der Waals surface area contributed by atoms with Crippen LogP contribution in [0.3, 0.4) is 0 Å². The lowest BCUT2D eigenvalue weighted by molar-refractivity contribution is 0.0697. The van der Waals surface area contributed by atoms with E-state index in [-0.39, 0.29) is 5.56 Å². The summed E-state index contributed by atoms with van der Waals surface area (Å²) in [5.74, 6) is -0.277. The number of carboxylic acids is 1. The largest absolute Gasteiger partial charge is 0.478 e. The van der Waals surface area contributed by atoms with E-state index in [9.17, 15) is 4.79 Å². The molecule has 0 radical (unpaired) electrons. The van der Waals surface area contributed by atoms with E-state index in [4.69, 9.17) is 5.11 Å². The third kappa shape index (κ3) is 2.70. The Bertz CT molecular complexity index is 588. The third-order valence-corrected chi connectivity index (χ3v) is 2.99. The van der Waals surface area contributed by atoms with Crippen LogP contribution in [0.2, 0.25) is 0 Å². The summed E-state index contributed by atoms with van der Waals surface area (Å²) in [4.78, 5) is 10.9. The molecule has 6 heteroatoms. The lowest BCUT2D eigenvalue weighted by Crippen LogP contribution is -1.99. The normalized spacial score (nSPS) is 10.4. The van der Waals surface area contributed by atoms with Gasteiger partial charge in [-0.15, -0.1) is 0 Å². The maximum absolute atomic E-state index is 10.9. The summed E-state index contributed by atoms with van der Waals surface area (Å²) in [5, 5.41) is 16.3. The molecular weight excluding hydrogens is 298 g/mol. The fourth-order valence-electron chi connectivity index (χ4n) is 1.55. The number of aromatic carboxylic acids is 1. The first-order chi connectivity index (χ1) is 8.45. The van der Waals surface area contributed by atoms with Crippen LogP contribution in [0.4, 0.5) is 11.5 Å². The number of aromatic nitrogens is 2. The van der Waals surface area contributed by atoms with Crippen LogP contribution in [-0.2, 0) is 7.05 Å². The molecule has 0 aliphatic rings. The highest BCUT2D eigenvalue weighted by Gasteiger charge is 2.07. The number of rotatable bonds is 3. The van der Waals surface area contributed by atoms with E-state index in [1.165, 1.54) is 0 Å². The van der Waals surface area contributed by atoms with Crippen LogP contribution in [0.1, 0.15) is 16.1 Å². The Morgan fingerprint density at radius 2 is 2.11 bits per heavy atom. The minimum atomic E-state index is -0.962. The quantitative estimate of drug-likeness (QED) is 0.914. The van der Waals surface area contributed by atoms with E-state index >= 15 is 0 Å². The smallest absolute Gasteiger partial charge is 0.335 e. The molecule has 0 fully saturated rings. The van der Waals surface area contributed by atoms with Crippen LogP contribution < -0.4 is 5.32 Å². The van der Waals surface area contributed by atoms with Gasteiger partial charge in [0, 0.05) is 29.0 Å². The number of halogens is 1. The van der Waals surface area contributed by atoms with Gasteiger partial charge in [-0.25, -0.2) is 4.79 Å². The highest BCUT2D eigenvalue weighted by Crippen LogP contribution is 2.22. The number of carboxylic acid groups (broad SMARTS) is 1. The van der Waals surface area contributed by atoms with Crippen molar-refractivity contribution in [3.8, 4) is 0 Å². The first-order valence-corrected chi connectivity index (χ1v) is 6.06. The fourth-order valence-corrected chi connectivity index (χ4v) is 2.05. The van der Waals surface area contributed by atoms with Crippen molar-refractivity contribution in [2.45, 2.75) is 6.92 Å². The number of nitrogens with one attached hydrogen (secondary N) is 1. The number of hydrogen-bond donors (Lipinski definition) is 2. The molecule has 2 aromatic rings. The van der Waals surface area contributed by atoms with Gasteiger partial charge in [0.15, 0.2) is 5.82 Å². The molecule has 0 aliphatic carbocycles. The molecule has 0 atom stereocenters. The van der Waals surface area contributed by atoms with Gasteiger partial charge in [0.25, 0.3) is 0 Å². The molecule has 94 valence electrons. The number of nitrogens with zero attached hydrogens (tertiary/aromatic N) is 2. The summed E-state index contributed by atoms with van der Waals surface area (Å²) in [6.45, 7) is 1.95. The van der Waals surface area contributed by atoms with Crippen molar-refractivity contribution in [1.82, 2.24) is 9.78 Å². The van der Waals surface area contributed by atoms with Crippen LogP contribution in [-0.4, -0.2) is 20.9 Å². The standard InChI is InChI=1S/C12H12BrN3O2/c1-7-3-11(15-16(7)2)14-10-5-8(12(17)18)4-9(13)6-10/h3-6H,1-2H3,(H,14,15)(H,17,18). The molecule has 1 aromatic heterocycles. The monoisotopic (exact) mass is 309 g/mol. The summed E-state index contributed by atoms with van der Waals surface area (Å²) in [7, 11) is 1.85. The topological polar surface area (TPSA) is 67.2 Å². The SMILES string of the molecule is Cc1cc(Nc2cc(Br)cc(C(=O)O)c2)nn1C. The Kier molecular flexibility index (Phi) is 3.38. The molecule has 1 aromatic carbocycles. The van der Waals surface area contributed by atoms with E-state index in [1.54, 1.807) is 22.9 Å². The van der Waals surface area contributed by atoms with Gasteiger partial charge in [-0.05, 0) is 25.1 Å². The second-order valence-electron chi connectivity index (χ2n) is 3.95. The Labute approximate surface area is 113 Å². The lowest BCUT2D eigenvalue weighted by atomic mass is 10.2. The second kappa shape index (κ2) is 4.81. The average Bonchev–Trinajstić information content (AvgIpc) is 2.56. The molecule has 2 rings (SSSR count). The van der Waals surface area contributed by atoms with E-state index in [0.717, 1.165) is 5.69 Å². The Balaban J connectivity index is 2.31. The molecule has 18 heavy (non-hydrogen) atoms. The number of carbonyl (C=O) groups is 1. The molecule has 1 heterocycles. The summed E-state index contributed by atoms with van der Waals surface area (Å²) >= 11 is 3.29. The zero-order valence-electron chi connectivity index (χ0n) is 9.94. The van der Waals surface area contributed by atoms with Crippen LogP contribution in [0, 0.1) is 6.92 Å². The number of anilines is 2. The van der Waals surface area contributed by atoms with E-state index in [1.807, 2.05) is 20.0 Å². The summed E-state index contributed by atoms with van der Waals surface area (Å²) in [5.41, 5.74) is 1.92. The Morgan fingerprint density at radius 3 is 2.67 bits per heavy atom. The van der Waals surface area contributed by atoms with Gasteiger partial charge >= 0.3 is 5.97 Å². The minimum absolute atomic E-state index is 0.222. The molecule has 0 amide bonds. The van der Waals surface area contributed by atoms with E-state index in [2.05, 4.69) is 26.3 Å². The number of benzene rings is 1. The van der Waals surface area contributed by atoms with Crippen LogP contribution in [0.15, 0.2) is 28.7 Å². The zero-order valence-corrected chi connectivity index (χ0v) is 11.5. The van der Waals surface area contributed by atoms with Crippen molar-refractivity contribution in [2.24, 2.45) is 7.05 Å². The van der Waals surface area contributed by atoms with Gasteiger partial charge in [-0.3, -0.25) is 4.68 Å². The fraction of sp³-hybridized carbons (Fsp3) is 0.167. The zero-order chi connectivity index (χ0) is 13.3. The van der Waals surface area contributed by atoms with Crippen molar-refractivity contribution in [3.63, 3.8) is 0 Å². The van der Waals surface area contributed by atoms with Crippen molar-refractivity contribution in [2.75, 3.05) is 5.32 Å². The highest BCUT2D eigenvalue weighted by molar-refractivity contribution is 9.10. The van der Waals surface area contributed by atoms with Gasteiger partial charge in [-0.1, -0.05) is 15.9 Å². The Morgan fingerprint density at radius 1 is 1.39 bits per heavy atom. The first-order valence-electron chi connectivity index (χ1n) is 5.27. The van der Waals surface area contributed by atoms with Gasteiger partial charge in [0.1, 0.15) is 0 Å². The van der Waals surface area contributed by atoms with E-state index in [0.29, 0.717) is 16.0 Å². The van der Waals surface area contributed by atoms with Crippen LogP contribution >= 0.6 is 15.9 Å². The molecule has 0 saturated carbocycles. The van der Waals surface area contributed by atoms with Gasteiger partial charge in [0.2, 0.25) is 0 Å². The molecule has 2 N–H and O–H groups in total. The molecule has 0 bridgehead atoms. The van der Waals surface area contributed by atoms with Crippen molar-refractivity contribution in [1.29, 1.82) is 0 Å². The third-order valence-electron chi connectivity index (χ3n) is 2.53. The number of hydrogen-bond acceptors (Lipinski definition) is 3. The molecule has 0 unspecified atom stereocenters. The molecular formula is C12H12BrN3O2. The van der Waals surface area contributed by atoms with Crippen LogP contribution in [0.5, 0.6) is 0 Å². The molecule has 0 aliphatic heterocycles. The molecule has 0 saturated heterocycles. The second-order valence-corrected chi connectivity index (χ2v) is 4.87. The average molecular weight is 310 g/mol. The van der Waals surface area contributed by atoms with E-state index < -0.39 is 5.97 Å². The molecule has 5 nitrogen and oxygen atoms in total. The minimum Gasteiger partial charge on any atom is -0.478 e. The van der Waals surface area contributed by atoms with Gasteiger partial charge < -0.3 is 10.4 Å². The summed E-state index contributed by atoms with van der Waals surface area (Å²) < 4.78 is 2.45. The van der Waals surface area contributed by atoms with Crippen molar-refractivity contribution >= 4 is 33.4 Å². The number of aryl methyl sites for hydroxylation is 2. The maximum atomic E-state index is 10.9. The van der Waals surface area contributed by atoms with Crippen molar-refractivity contribution in [3.05, 3.63) is 40.0 Å². The summed E-state index contributed by atoms with van der Waals surface area (Å²) in [6.07, 6.45) is 0. The van der Waals surface area contributed by atoms with Crippen molar-refractivity contribution < 1.29 is 9.90 Å². The predicted molar refractivity (Wildman–Crippen MR) is 72.3 cm³/mol. The van der Waals surface area contributed by atoms with Crippen LogP contribution in [0.25, 0.3) is 0 Å². The predicted octanol–water partition coefficient (Wildman–Crippen LogP) is 2.93. The van der Waals surface area contributed by atoms with Gasteiger partial charge in [0.05, 0.1) is 5.56 Å². The lowest BCUT2D eigenvalue weighted by Gasteiger charge is -2.05. The summed E-state index contributed by atoms with van der Waals surface area (Å²) in [6, 6.07) is 6.81.